The molecule has 0 aromatic heterocycles. The van der Waals surface area contributed by atoms with Crippen LogP contribution in [0.1, 0.15) is 142 Å². The first-order valence-corrected chi connectivity index (χ1v) is 32.8. The molecule has 3 rings (SSSR count). The molecule has 2 unspecified atom stereocenters. The lowest BCUT2D eigenvalue weighted by Gasteiger charge is -2.30. The van der Waals surface area contributed by atoms with Gasteiger partial charge in [-0.1, -0.05) is 55.4 Å². The Labute approximate surface area is 471 Å². The molecular weight excluding hydrogens is 1110 g/mol. The number of benzene rings is 3. The van der Waals surface area contributed by atoms with Crippen LogP contribution in [0.2, 0.25) is 0 Å². The summed E-state index contributed by atoms with van der Waals surface area (Å²) in [6.07, 6.45) is 3.37. The van der Waals surface area contributed by atoms with Gasteiger partial charge in [0.2, 0.25) is 30.1 Å². The van der Waals surface area contributed by atoms with Crippen LogP contribution in [0.15, 0.2) is 51.1 Å². The summed E-state index contributed by atoms with van der Waals surface area (Å²) in [5.41, 5.74) is 0.689. The Morgan fingerprint density at radius 1 is 0.449 bits per heavy atom. The van der Waals surface area contributed by atoms with Crippen molar-refractivity contribution in [3.63, 3.8) is 0 Å². The summed E-state index contributed by atoms with van der Waals surface area (Å²) in [5, 5.41) is 60.3. The molecule has 27 heteroatoms. The van der Waals surface area contributed by atoms with Crippen molar-refractivity contribution in [2.24, 2.45) is 0 Å². The molecule has 6 N–H and O–H groups in total. The lowest BCUT2D eigenvalue weighted by molar-refractivity contribution is 0.265. The minimum atomic E-state index is -4.13. The molecule has 0 saturated heterocycles. The van der Waals surface area contributed by atoms with E-state index in [1.165, 1.54) is 25.0 Å². The van der Waals surface area contributed by atoms with Gasteiger partial charge >= 0.3 is 0 Å². The van der Waals surface area contributed by atoms with Crippen molar-refractivity contribution in [3.8, 4) is 46.0 Å². The summed E-state index contributed by atoms with van der Waals surface area (Å²) in [6.45, 7) is 33.7. The van der Waals surface area contributed by atoms with Gasteiger partial charge in [-0.3, -0.25) is 4.90 Å². The molecule has 22 nitrogen and oxygen atoms in total. The summed E-state index contributed by atoms with van der Waals surface area (Å²) in [6, 6.07) is 6.24. The second-order valence-electron chi connectivity index (χ2n) is 19.1. The largest absolute Gasteiger partial charge is 0.504 e. The number of phenolic OH excluding ortho intramolecular Hbond substituents is 6. The molecule has 2 atom stereocenters. The van der Waals surface area contributed by atoms with Crippen LogP contribution in [-0.2, 0) is 59.1 Å². The standard InChI is InChI=1S/C19H34N2O4S.C18H32N2O6S2.C14H24N2O6S2/c1-5-9-20(10-6-2)15-16-13-17(22)19(23)18(14-16)26(24,25)21(11-7-3)12-8-4;1-11(2)19(12(3)4)27(23)26-15-9-16(21)18(22)17(10-15)28(24,25)20(13(5)6)14(7)8;1-5-15(6-2)23(19)22-11-9-12(17)14(18)13(10-11)24(20,21)16(7-3)8-4/h13-14,22-23H,5-12,15H2,1-4H3;9-14,21-22H,1-8H3;9-10,17-18H,5-8H2,1-4H3. The monoisotopic (exact) mass is 1200 g/mol. The molecule has 0 heterocycles. The molecule has 450 valence electrons. The zero-order valence-electron chi connectivity index (χ0n) is 48.5. The Balaban J connectivity index is 0.000000587. The first-order valence-electron chi connectivity index (χ1n) is 26.4. The summed E-state index contributed by atoms with van der Waals surface area (Å²) in [5.74, 6) is -4.04. The molecule has 3 aromatic rings. The summed E-state index contributed by atoms with van der Waals surface area (Å²) in [7, 11) is -12.0. The maximum absolute atomic E-state index is 13.1. The van der Waals surface area contributed by atoms with Crippen LogP contribution >= 0.6 is 0 Å². The van der Waals surface area contributed by atoms with E-state index < -0.39 is 91.1 Å². The molecule has 0 saturated carbocycles. The highest BCUT2D eigenvalue weighted by Gasteiger charge is 2.35. The maximum atomic E-state index is 13.1. The van der Waals surface area contributed by atoms with Gasteiger partial charge in [0, 0.05) is 94.2 Å². The third-order valence-electron chi connectivity index (χ3n) is 11.6. The Morgan fingerprint density at radius 2 is 0.808 bits per heavy atom. The maximum Gasteiger partial charge on any atom is 0.291 e. The Bertz CT molecular complexity index is 2710. The SMILES string of the molecule is CC(C)N(C(C)C)S(=O)Oc1cc(O)c(O)c(S(=O)(=O)N(C(C)C)C(C)C)c1.CCCN(CCC)Cc1cc(O)c(O)c(S(=O)(=O)N(CCC)CCC)c1.CCN(CC)S(=O)Oc1cc(O)c(O)c(S(=O)(=O)N(CC)CC)c1. The van der Waals surface area contributed by atoms with Crippen molar-refractivity contribution in [2.45, 2.75) is 182 Å². The minimum absolute atomic E-state index is 0.0906. The predicted molar refractivity (Wildman–Crippen MR) is 306 cm³/mol. The van der Waals surface area contributed by atoms with Crippen LogP contribution in [-0.4, -0.2) is 167 Å². The molecule has 0 aliphatic heterocycles. The van der Waals surface area contributed by atoms with Gasteiger partial charge in [0.25, 0.3) is 22.5 Å². The minimum Gasteiger partial charge on any atom is -0.504 e. The number of hydrogen-bond donors (Lipinski definition) is 6. The van der Waals surface area contributed by atoms with Gasteiger partial charge in [-0.15, -0.1) is 0 Å². The number of sulfonamides is 3. The summed E-state index contributed by atoms with van der Waals surface area (Å²) < 4.78 is 119. The lowest BCUT2D eigenvalue weighted by atomic mass is 10.1. The third-order valence-corrected chi connectivity index (χ3v) is 20.6. The van der Waals surface area contributed by atoms with Crippen LogP contribution in [0.5, 0.6) is 46.0 Å². The fourth-order valence-electron chi connectivity index (χ4n) is 8.32. The van der Waals surface area contributed by atoms with Gasteiger partial charge < -0.3 is 39.0 Å². The Morgan fingerprint density at radius 3 is 1.17 bits per heavy atom. The van der Waals surface area contributed by atoms with E-state index >= 15 is 0 Å². The molecule has 0 aliphatic carbocycles. The number of nitrogens with zero attached hydrogens (tertiary/aromatic N) is 6. The highest BCUT2D eigenvalue weighted by Crippen LogP contribution is 2.41. The second kappa shape index (κ2) is 33.0. The van der Waals surface area contributed by atoms with Crippen molar-refractivity contribution in [1.82, 2.24) is 26.4 Å². The van der Waals surface area contributed by atoms with E-state index in [2.05, 4.69) is 18.7 Å². The number of phenols is 6. The molecular formula is C51H90N6O16S5. The molecule has 0 amide bonds. The molecule has 0 bridgehead atoms. The number of aromatic hydroxyl groups is 6. The third kappa shape index (κ3) is 19.6. The van der Waals surface area contributed by atoms with E-state index in [4.69, 9.17) is 8.37 Å². The summed E-state index contributed by atoms with van der Waals surface area (Å²) >= 11 is -3.76. The van der Waals surface area contributed by atoms with Crippen LogP contribution in [0.3, 0.4) is 0 Å². The number of hydrogen-bond acceptors (Lipinski definition) is 17. The first-order chi connectivity index (χ1) is 36.2. The first kappa shape index (κ1) is 72.0. The second-order valence-corrected chi connectivity index (χ2v) is 26.9. The van der Waals surface area contributed by atoms with E-state index in [0.717, 1.165) is 54.5 Å². The van der Waals surface area contributed by atoms with Crippen LogP contribution < -0.4 is 8.37 Å². The van der Waals surface area contributed by atoms with Crippen molar-refractivity contribution in [2.75, 3.05) is 52.4 Å². The smallest absolute Gasteiger partial charge is 0.291 e. The van der Waals surface area contributed by atoms with Gasteiger partial charge in [0.15, 0.2) is 34.5 Å². The normalized spacial score (nSPS) is 13.3. The zero-order valence-corrected chi connectivity index (χ0v) is 52.5. The van der Waals surface area contributed by atoms with E-state index in [1.807, 2.05) is 41.5 Å². The Kier molecular flexibility index (Phi) is 30.5. The summed E-state index contributed by atoms with van der Waals surface area (Å²) in [4.78, 5) is 1.03. The van der Waals surface area contributed by atoms with Crippen molar-refractivity contribution < 1.29 is 72.7 Å². The molecule has 0 radical (unpaired) electrons. The lowest BCUT2D eigenvalue weighted by Crippen LogP contribution is -2.42. The Hall–Kier alpha value is -4.03. The predicted octanol–water partition coefficient (Wildman–Crippen LogP) is 7.94. The van der Waals surface area contributed by atoms with Crippen molar-refractivity contribution >= 4 is 52.6 Å². The van der Waals surface area contributed by atoms with E-state index in [0.29, 0.717) is 51.1 Å². The van der Waals surface area contributed by atoms with Crippen molar-refractivity contribution in [1.29, 1.82) is 0 Å². The van der Waals surface area contributed by atoms with Crippen LogP contribution in [0.4, 0.5) is 0 Å². The van der Waals surface area contributed by atoms with Gasteiger partial charge in [0.1, 0.15) is 26.2 Å². The topological polar surface area (TPSA) is 296 Å². The molecule has 0 fully saturated rings. The fraction of sp³-hybridized carbons (Fsp3) is 0.647. The van der Waals surface area contributed by atoms with Gasteiger partial charge in [-0.2, -0.15) is 29.9 Å². The van der Waals surface area contributed by atoms with Crippen molar-refractivity contribution in [3.05, 3.63) is 42.0 Å². The van der Waals surface area contributed by atoms with Crippen LogP contribution in [0.25, 0.3) is 0 Å². The quantitative estimate of drug-likeness (QED) is 0.0345. The van der Waals surface area contributed by atoms with E-state index in [9.17, 15) is 64.3 Å². The average Bonchev–Trinajstić information content (AvgIpc) is 3.32. The fourth-order valence-corrected chi connectivity index (χ4v) is 15.4. The van der Waals surface area contributed by atoms with Crippen LogP contribution in [0, 0.1) is 0 Å². The zero-order chi connectivity index (χ0) is 60.2. The molecule has 0 spiro atoms. The van der Waals surface area contributed by atoms with E-state index in [-0.39, 0.29) is 59.4 Å². The number of rotatable bonds is 30. The van der Waals surface area contributed by atoms with Gasteiger partial charge in [0.05, 0.1) is 0 Å². The highest BCUT2D eigenvalue weighted by molar-refractivity contribution is 7.90. The van der Waals surface area contributed by atoms with E-state index in [1.54, 1.807) is 59.7 Å². The molecule has 0 aliphatic rings. The highest BCUT2D eigenvalue weighted by atomic mass is 32.2. The average molecular weight is 1200 g/mol. The van der Waals surface area contributed by atoms with Gasteiger partial charge in [-0.05, 0) is 112 Å². The molecule has 3 aromatic carbocycles. The van der Waals surface area contributed by atoms with Gasteiger partial charge in [-0.25, -0.2) is 25.3 Å². The molecule has 78 heavy (non-hydrogen) atoms.